The second-order valence-electron chi connectivity index (χ2n) is 7.16. The highest BCUT2D eigenvalue weighted by molar-refractivity contribution is 6.03. The number of hydrogen-bond acceptors (Lipinski definition) is 4. The van der Waals surface area contributed by atoms with Gasteiger partial charge in [-0.1, -0.05) is 12.1 Å². The molecule has 0 unspecified atom stereocenters. The number of nitrogens with zero attached hydrogens (tertiary/aromatic N) is 3. The topological polar surface area (TPSA) is 105 Å². The molecule has 1 aliphatic rings. The predicted molar refractivity (Wildman–Crippen MR) is 106 cm³/mol. The fourth-order valence-electron chi connectivity index (χ4n) is 3.57. The summed E-state index contributed by atoms with van der Waals surface area (Å²) in [5.41, 5.74) is 1.44. The number of anilines is 1. The molecule has 8 nitrogen and oxygen atoms in total. The van der Waals surface area contributed by atoms with Gasteiger partial charge in [0.15, 0.2) is 18.1 Å². The largest absolute Gasteiger partial charge is 0.619 e. The zero-order valence-corrected chi connectivity index (χ0v) is 16.0. The van der Waals surface area contributed by atoms with Crippen molar-refractivity contribution in [3.8, 4) is 0 Å². The Morgan fingerprint density at radius 3 is 2.70 bits per heavy atom. The number of para-hydroxylation sites is 1. The maximum Gasteiger partial charge on any atom is 0.276 e. The first-order valence-corrected chi connectivity index (χ1v) is 9.60. The van der Waals surface area contributed by atoms with Gasteiger partial charge in [-0.2, -0.15) is 9.83 Å². The Morgan fingerprint density at radius 1 is 1.20 bits per heavy atom. The van der Waals surface area contributed by atoms with Gasteiger partial charge in [0.25, 0.3) is 11.8 Å². The number of likely N-dealkylation sites (tertiary alicyclic amines) is 1. The van der Waals surface area contributed by atoms with E-state index in [2.05, 4.69) is 15.5 Å². The van der Waals surface area contributed by atoms with Gasteiger partial charge >= 0.3 is 0 Å². The summed E-state index contributed by atoms with van der Waals surface area (Å²) in [5, 5.41) is 20.8. The minimum Gasteiger partial charge on any atom is -0.619 e. The van der Waals surface area contributed by atoms with Gasteiger partial charge in [0.1, 0.15) is 11.4 Å². The summed E-state index contributed by atoms with van der Waals surface area (Å²) in [6.07, 6.45) is 4.00. The molecule has 1 fully saturated rings. The molecule has 9 heteroatoms. The third kappa shape index (κ3) is 4.14. The molecule has 2 amide bonds. The van der Waals surface area contributed by atoms with E-state index >= 15 is 0 Å². The number of rotatable bonds is 4. The van der Waals surface area contributed by atoms with Crippen molar-refractivity contribution in [2.24, 2.45) is 0 Å². The number of halogens is 1. The minimum absolute atomic E-state index is 0.0965. The number of carbonyl (C=O) groups is 2. The van der Waals surface area contributed by atoms with Crippen molar-refractivity contribution in [2.45, 2.75) is 18.8 Å². The number of hydrogen-bond donors (Lipinski definition) is 2. The summed E-state index contributed by atoms with van der Waals surface area (Å²) in [6.45, 7) is 1.07. The van der Waals surface area contributed by atoms with Crippen molar-refractivity contribution in [2.75, 3.05) is 18.4 Å². The summed E-state index contributed by atoms with van der Waals surface area (Å²) in [7, 11) is 0. The van der Waals surface area contributed by atoms with E-state index in [1.165, 1.54) is 24.5 Å². The standard InChI is InChI=1S/C21H20FN5O3/c22-16-5-1-2-6-17(16)23-20(28)19-12-18(24-25-19)14-7-10-26(11-8-14)21(29)15-4-3-9-27(30)13-15/h1-6,9,12-14H,7-8,10-11H2,(H,23,28)(H,24,25). The maximum absolute atomic E-state index is 13.7. The van der Waals surface area contributed by atoms with Crippen molar-refractivity contribution in [1.29, 1.82) is 0 Å². The predicted octanol–water partition coefficient (Wildman–Crippen LogP) is 2.45. The first-order chi connectivity index (χ1) is 14.5. The van der Waals surface area contributed by atoms with Gasteiger partial charge in [-0.05, 0) is 37.1 Å². The lowest BCUT2D eigenvalue weighted by molar-refractivity contribution is -0.605. The molecule has 3 aromatic rings. The SMILES string of the molecule is O=C(Nc1ccccc1F)c1cc(C2CCN(C(=O)c3ccc[n+]([O-])c3)CC2)[nH]n1. The maximum atomic E-state index is 13.7. The molecule has 2 aromatic heterocycles. The van der Waals surface area contributed by atoms with Gasteiger partial charge in [0.05, 0.1) is 5.69 Å². The molecule has 3 heterocycles. The Balaban J connectivity index is 1.36. The number of nitrogens with one attached hydrogen (secondary N) is 2. The molecule has 0 aliphatic carbocycles. The van der Waals surface area contributed by atoms with Crippen LogP contribution < -0.4 is 10.0 Å². The monoisotopic (exact) mass is 409 g/mol. The molecular weight excluding hydrogens is 389 g/mol. The van der Waals surface area contributed by atoms with Crippen molar-refractivity contribution in [3.05, 3.63) is 82.8 Å². The van der Waals surface area contributed by atoms with E-state index < -0.39 is 11.7 Å². The number of aromatic nitrogens is 3. The van der Waals surface area contributed by atoms with Crippen LogP contribution in [0.1, 0.15) is 45.3 Å². The molecule has 30 heavy (non-hydrogen) atoms. The van der Waals surface area contributed by atoms with E-state index in [9.17, 15) is 19.2 Å². The van der Waals surface area contributed by atoms with Crippen LogP contribution in [-0.4, -0.2) is 40.0 Å². The van der Waals surface area contributed by atoms with Crippen LogP contribution in [0, 0.1) is 11.0 Å². The Bertz CT molecular complexity index is 1080. The quantitative estimate of drug-likeness (QED) is 0.510. The van der Waals surface area contributed by atoms with Crippen LogP contribution in [0.3, 0.4) is 0 Å². The number of carbonyl (C=O) groups excluding carboxylic acids is 2. The van der Waals surface area contributed by atoms with E-state index in [0.29, 0.717) is 36.2 Å². The minimum atomic E-state index is -0.514. The number of pyridine rings is 1. The van der Waals surface area contributed by atoms with Crippen molar-refractivity contribution in [1.82, 2.24) is 15.1 Å². The molecule has 0 spiro atoms. The number of piperidine rings is 1. The van der Waals surface area contributed by atoms with Crippen LogP contribution in [0.25, 0.3) is 0 Å². The van der Waals surface area contributed by atoms with Crippen molar-refractivity contribution < 1.29 is 18.7 Å². The number of H-pyrrole nitrogens is 1. The fraction of sp³-hybridized carbons (Fsp3) is 0.238. The van der Waals surface area contributed by atoms with Gasteiger partial charge in [-0.25, -0.2) is 4.39 Å². The summed E-state index contributed by atoms with van der Waals surface area (Å²) >= 11 is 0. The lowest BCUT2D eigenvalue weighted by Crippen LogP contribution is -2.39. The lowest BCUT2D eigenvalue weighted by atomic mass is 9.93. The van der Waals surface area contributed by atoms with E-state index in [4.69, 9.17) is 0 Å². The Hall–Kier alpha value is -3.75. The van der Waals surface area contributed by atoms with Crippen molar-refractivity contribution >= 4 is 17.5 Å². The third-order valence-electron chi connectivity index (χ3n) is 5.20. The Morgan fingerprint density at radius 2 is 1.97 bits per heavy atom. The highest BCUT2D eigenvalue weighted by Crippen LogP contribution is 2.28. The summed E-state index contributed by atoms with van der Waals surface area (Å²) in [4.78, 5) is 26.6. The zero-order valence-electron chi connectivity index (χ0n) is 16.0. The van der Waals surface area contributed by atoms with Crippen LogP contribution in [0.2, 0.25) is 0 Å². The second-order valence-corrected chi connectivity index (χ2v) is 7.16. The highest BCUT2D eigenvalue weighted by atomic mass is 19.1. The molecule has 0 saturated carbocycles. The number of aromatic amines is 1. The Labute approximate surface area is 171 Å². The van der Waals surface area contributed by atoms with Gasteiger partial charge in [-0.3, -0.25) is 14.7 Å². The van der Waals surface area contributed by atoms with E-state index in [1.807, 2.05) is 0 Å². The van der Waals surface area contributed by atoms with Gasteiger partial charge in [0, 0.05) is 30.8 Å². The summed E-state index contributed by atoms with van der Waals surface area (Å²) in [6, 6.07) is 10.8. The lowest BCUT2D eigenvalue weighted by Gasteiger charge is -2.31. The van der Waals surface area contributed by atoms with E-state index in [-0.39, 0.29) is 23.2 Å². The summed E-state index contributed by atoms with van der Waals surface area (Å²) in [5.74, 6) is -1.06. The van der Waals surface area contributed by atoms with E-state index in [1.54, 1.807) is 35.2 Å². The van der Waals surface area contributed by atoms with Crippen LogP contribution >= 0.6 is 0 Å². The smallest absolute Gasteiger partial charge is 0.276 e. The summed E-state index contributed by atoms with van der Waals surface area (Å²) < 4.78 is 14.3. The molecule has 1 saturated heterocycles. The first-order valence-electron chi connectivity index (χ1n) is 9.60. The number of amides is 2. The molecule has 4 rings (SSSR count). The molecule has 0 radical (unpaired) electrons. The molecule has 0 atom stereocenters. The van der Waals surface area contributed by atoms with E-state index in [0.717, 1.165) is 5.69 Å². The van der Waals surface area contributed by atoms with Gasteiger partial charge in [0.2, 0.25) is 0 Å². The molecule has 154 valence electrons. The average molecular weight is 409 g/mol. The highest BCUT2D eigenvalue weighted by Gasteiger charge is 2.27. The average Bonchev–Trinajstić information content (AvgIpc) is 3.25. The van der Waals surface area contributed by atoms with Crippen LogP contribution in [0.5, 0.6) is 0 Å². The molecule has 1 aliphatic heterocycles. The third-order valence-corrected chi connectivity index (χ3v) is 5.20. The zero-order chi connectivity index (χ0) is 21.1. The second kappa shape index (κ2) is 8.32. The fourth-order valence-corrected chi connectivity index (χ4v) is 3.57. The van der Waals surface area contributed by atoms with Crippen LogP contribution in [0.15, 0.2) is 54.9 Å². The van der Waals surface area contributed by atoms with Crippen LogP contribution in [-0.2, 0) is 0 Å². The molecule has 1 aromatic carbocycles. The Kier molecular flexibility index (Phi) is 5.42. The van der Waals surface area contributed by atoms with Crippen LogP contribution in [0.4, 0.5) is 10.1 Å². The van der Waals surface area contributed by atoms with Crippen molar-refractivity contribution in [3.63, 3.8) is 0 Å². The van der Waals surface area contributed by atoms with Gasteiger partial charge in [-0.15, -0.1) is 0 Å². The molecule has 0 bridgehead atoms. The first kappa shape index (κ1) is 19.6. The molecular formula is C21H20FN5O3. The normalized spacial score (nSPS) is 14.5. The number of benzene rings is 1. The molecule has 2 N–H and O–H groups in total. The van der Waals surface area contributed by atoms with Gasteiger partial charge < -0.3 is 15.4 Å².